The van der Waals surface area contributed by atoms with E-state index in [0.29, 0.717) is 12.6 Å². The summed E-state index contributed by atoms with van der Waals surface area (Å²) in [7, 11) is 0. The lowest BCUT2D eigenvalue weighted by Crippen LogP contribution is -2.46. The third-order valence-electron chi connectivity index (χ3n) is 4.81. The van der Waals surface area contributed by atoms with Crippen LogP contribution in [0.15, 0.2) is 24.3 Å². The Labute approximate surface area is 154 Å². The van der Waals surface area contributed by atoms with E-state index < -0.39 is 11.7 Å². The van der Waals surface area contributed by atoms with Gasteiger partial charge in [-0.3, -0.25) is 9.69 Å². The number of nitrogens with zero attached hydrogens (tertiary/aromatic N) is 1. The number of alkyl halides is 3. The lowest BCUT2D eigenvalue weighted by atomic mass is 9.89. The number of hydrogen-bond acceptors (Lipinski definition) is 4. The molecule has 0 radical (unpaired) electrons. The maximum atomic E-state index is 12.9. The molecule has 3 rings (SSSR count). The van der Waals surface area contributed by atoms with E-state index in [1.54, 1.807) is 0 Å². The molecule has 1 aromatic rings. The Balaban J connectivity index is 1.69. The first-order valence-corrected chi connectivity index (χ1v) is 10.9. The molecule has 2 heterocycles. The van der Waals surface area contributed by atoms with Crippen molar-refractivity contribution in [3.8, 4) is 0 Å². The second-order valence-corrected chi connectivity index (χ2v) is 8.88. The van der Waals surface area contributed by atoms with Crippen LogP contribution in [0.3, 0.4) is 0 Å². The minimum absolute atomic E-state index is 0.148. The molecule has 138 valence electrons. The Morgan fingerprint density at radius 3 is 2.56 bits per heavy atom. The molecule has 2 aliphatic heterocycles. The number of benzene rings is 1. The first-order chi connectivity index (χ1) is 11.9. The van der Waals surface area contributed by atoms with Gasteiger partial charge >= 0.3 is 6.18 Å². The summed E-state index contributed by atoms with van der Waals surface area (Å²) in [5.74, 6) is 4.15. The molecular weight excluding hydrogens is 367 g/mol. The zero-order valence-electron chi connectivity index (χ0n) is 13.9. The number of hydrogen-bond donors (Lipinski definition) is 0. The molecule has 1 unspecified atom stereocenters. The molecule has 0 saturated carbocycles. The summed E-state index contributed by atoms with van der Waals surface area (Å²) in [5.41, 5.74) is -0.561. The zero-order chi connectivity index (χ0) is 17.9. The van der Waals surface area contributed by atoms with Crippen LogP contribution in [0.5, 0.6) is 0 Å². The predicted molar refractivity (Wildman–Crippen MR) is 98.5 cm³/mol. The molecule has 0 bridgehead atoms. The molecule has 0 aliphatic carbocycles. The molecule has 0 aromatic heterocycles. The Hall–Kier alpha value is -0.660. The van der Waals surface area contributed by atoms with Crippen LogP contribution in [0.4, 0.5) is 13.2 Å². The molecule has 2 nitrogen and oxygen atoms in total. The molecule has 1 atom stereocenters. The average Bonchev–Trinajstić information content (AvgIpc) is 2.90. The number of piperidine rings is 1. The van der Waals surface area contributed by atoms with Crippen LogP contribution in [0.2, 0.25) is 0 Å². The van der Waals surface area contributed by atoms with Crippen LogP contribution < -0.4 is 0 Å². The van der Waals surface area contributed by atoms with Crippen LogP contribution >= 0.6 is 23.5 Å². The largest absolute Gasteiger partial charge is 0.416 e. The van der Waals surface area contributed by atoms with Gasteiger partial charge in [-0.1, -0.05) is 12.1 Å². The smallest absolute Gasteiger partial charge is 0.298 e. The predicted octanol–water partition coefficient (Wildman–Crippen LogP) is 4.45. The average molecular weight is 390 g/mol. The number of halogens is 3. The van der Waals surface area contributed by atoms with Crippen LogP contribution in [-0.4, -0.2) is 52.8 Å². The summed E-state index contributed by atoms with van der Waals surface area (Å²) in [5, 5.41) is 0. The van der Waals surface area contributed by atoms with Gasteiger partial charge in [0.25, 0.3) is 0 Å². The fourth-order valence-corrected chi connectivity index (χ4v) is 6.08. The number of rotatable bonds is 3. The van der Waals surface area contributed by atoms with Gasteiger partial charge in [-0.25, -0.2) is 0 Å². The van der Waals surface area contributed by atoms with Crippen LogP contribution in [-0.2, 0) is 6.18 Å². The third kappa shape index (κ3) is 4.95. The van der Waals surface area contributed by atoms with Gasteiger partial charge in [0.2, 0.25) is 0 Å². The van der Waals surface area contributed by atoms with Crippen molar-refractivity contribution in [2.24, 2.45) is 5.92 Å². The molecule has 0 spiro atoms. The Kier molecular flexibility index (Phi) is 6.39. The lowest BCUT2D eigenvalue weighted by Gasteiger charge is -2.37. The number of ketones is 1. The van der Waals surface area contributed by atoms with Crippen molar-refractivity contribution in [2.45, 2.75) is 25.1 Å². The van der Waals surface area contributed by atoms with Gasteiger partial charge in [0.1, 0.15) is 0 Å². The second-order valence-electron chi connectivity index (χ2n) is 6.58. The Morgan fingerprint density at radius 2 is 1.88 bits per heavy atom. The molecule has 7 heteroatoms. The molecule has 25 heavy (non-hydrogen) atoms. The highest BCUT2D eigenvalue weighted by atomic mass is 32.2. The Bertz CT molecular complexity index is 600. The maximum absolute atomic E-state index is 12.9. The summed E-state index contributed by atoms with van der Waals surface area (Å²) in [6.45, 7) is 1.65. The first-order valence-electron chi connectivity index (χ1n) is 8.56. The highest BCUT2D eigenvalue weighted by Gasteiger charge is 2.33. The lowest BCUT2D eigenvalue weighted by molar-refractivity contribution is -0.137. The molecule has 1 aromatic carbocycles. The number of carbonyl (C=O) groups excluding carboxylic acids is 1. The summed E-state index contributed by atoms with van der Waals surface area (Å²) in [6.07, 6.45) is -2.72. The van der Waals surface area contributed by atoms with Gasteiger partial charge in [-0.2, -0.15) is 36.7 Å². The van der Waals surface area contributed by atoms with Gasteiger partial charge < -0.3 is 0 Å². The fraction of sp³-hybridized carbons (Fsp3) is 0.611. The molecule has 2 aliphatic rings. The topological polar surface area (TPSA) is 20.3 Å². The van der Waals surface area contributed by atoms with Gasteiger partial charge in [0.05, 0.1) is 5.56 Å². The second kappa shape index (κ2) is 8.35. The molecular formula is C18H22F3NOS2. The summed E-state index contributed by atoms with van der Waals surface area (Å²) in [6, 6.07) is 5.32. The number of likely N-dealkylation sites (tertiary alicyclic amines) is 1. The highest BCUT2D eigenvalue weighted by molar-refractivity contribution is 8.03. The van der Waals surface area contributed by atoms with Crippen molar-refractivity contribution in [1.82, 2.24) is 4.90 Å². The van der Waals surface area contributed by atoms with E-state index in [1.807, 2.05) is 23.5 Å². The van der Waals surface area contributed by atoms with E-state index in [9.17, 15) is 18.0 Å². The monoisotopic (exact) mass is 389 g/mol. The van der Waals surface area contributed by atoms with Gasteiger partial charge in [0.15, 0.2) is 5.78 Å². The number of thioether (sulfide) groups is 2. The summed E-state index contributed by atoms with van der Waals surface area (Å²) < 4.78 is 38.7. The zero-order valence-corrected chi connectivity index (χ0v) is 15.6. The minimum Gasteiger partial charge on any atom is -0.298 e. The maximum Gasteiger partial charge on any atom is 0.416 e. The van der Waals surface area contributed by atoms with Crippen molar-refractivity contribution >= 4 is 29.3 Å². The van der Waals surface area contributed by atoms with E-state index in [1.165, 1.54) is 23.6 Å². The number of carbonyl (C=O) groups is 1. The van der Waals surface area contributed by atoms with Crippen molar-refractivity contribution in [2.75, 3.05) is 36.1 Å². The van der Waals surface area contributed by atoms with E-state index in [4.69, 9.17) is 0 Å². The van der Waals surface area contributed by atoms with Crippen LogP contribution in [0, 0.1) is 5.92 Å². The van der Waals surface area contributed by atoms with Gasteiger partial charge in [-0.05, 0) is 31.5 Å². The standard InChI is InChI=1S/C18H22F3NOS2/c19-18(20,21)15-5-1-3-13(9-15)17(23)14-4-2-6-22(10-14)16-11-24-7-8-25-12-16/h1,3,5,9,14,16H,2,4,6-8,10-12H2. The molecule has 0 amide bonds. The normalized spacial score (nSPS) is 24.0. The summed E-state index contributed by atoms with van der Waals surface area (Å²) in [4.78, 5) is 15.2. The number of Topliss-reactive ketones (excluding diaryl/α,β-unsaturated/α-hetero) is 1. The van der Waals surface area contributed by atoms with Crippen molar-refractivity contribution in [1.29, 1.82) is 0 Å². The van der Waals surface area contributed by atoms with Crippen molar-refractivity contribution in [3.05, 3.63) is 35.4 Å². The van der Waals surface area contributed by atoms with Crippen molar-refractivity contribution in [3.63, 3.8) is 0 Å². The highest BCUT2D eigenvalue weighted by Crippen LogP contribution is 2.31. The SMILES string of the molecule is O=C(c1cccc(C(F)(F)F)c1)C1CCCN(C2CSCCSC2)C1. The van der Waals surface area contributed by atoms with Crippen LogP contribution in [0.25, 0.3) is 0 Å². The van der Waals surface area contributed by atoms with Gasteiger partial charge in [0, 0.05) is 47.1 Å². The van der Waals surface area contributed by atoms with E-state index in [2.05, 4.69) is 4.90 Å². The fourth-order valence-electron chi connectivity index (χ4n) is 3.45. The van der Waals surface area contributed by atoms with E-state index in [0.717, 1.165) is 43.0 Å². The van der Waals surface area contributed by atoms with E-state index >= 15 is 0 Å². The minimum atomic E-state index is -4.41. The molecule has 2 fully saturated rings. The Morgan fingerprint density at radius 1 is 1.16 bits per heavy atom. The third-order valence-corrected chi connectivity index (χ3v) is 7.29. The summed E-state index contributed by atoms with van der Waals surface area (Å²) >= 11 is 3.91. The molecule has 0 N–H and O–H groups in total. The molecule has 2 saturated heterocycles. The van der Waals surface area contributed by atoms with Crippen LogP contribution in [0.1, 0.15) is 28.8 Å². The van der Waals surface area contributed by atoms with Gasteiger partial charge in [-0.15, -0.1) is 0 Å². The quantitative estimate of drug-likeness (QED) is 0.712. The first kappa shape index (κ1) is 19.1. The van der Waals surface area contributed by atoms with E-state index in [-0.39, 0.29) is 17.3 Å². The van der Waals surface area contributed by atoms with Crippen molar-refractivity contribution < 1.29 is 18.0 Å².